The van der Waals surface area contributed by atoms with Crippen molar-refractivity contribution in [3.8, 4) is 5.69 Å². The van der Waals surface area contributed by atoms with Gasteiger partial charge in [0.25, 0.3) is 5.92 Å². The smallest absolute Gasteiger partial charge is 0.309 e. The molecular weight excluding hydrogens is 423 g/mol. The van der Waals surface area contributed by atoms with Gasteiger partial charge in [-0.2, -0.15) is 5.10 Å². The summed E-state index contributed by atoms with van der Waals surface area (Å²) in [6.45, 7) is 3.59. The molecular formula is C23H22F3N3O3. The summed E-state index contributed by atoms with van der Waals surface area (Å²) in [5.41, 5.74) is 0.314. The minimum Gasteiger partial charge on any atom is -0.481 e. The predicted octanol–water partition coefficient (Wildman–Crippen LogP) is 5.14. The lowest BCUT2D eigenvalue weighted by Gasteiger charge is -2.30. The highest BCUT2D eigenvalue weighted by atomic mass is 19.3. The normalized spacial score (nSPS) is 12.7. The fourth-order valence-corrected chi connectivity index (χ4v) is 4.30. The Morgan fingerprint density at radius 1 is 1.22 bits per heavy atom. The van der Waals surface area contributed by atoms with Crippen molar-refractivity contribution in [3.63, 3.8) is 0 Å². The number of carbonyl (C=O) groups is 1. The summed E-state index contributed by atoms with van der Waals surface area (Å²) < 4.78 is 51.7. The van der Waals surface area contributed by atoms with Crippen LogP contribution in [0.1, 0.15) is 31.5 Å². The summed E-state index contributed by atoms with van der Waals surface area (Å²) in [5, 5.41) is 16.8. The van der Waals surface area contributed by atoms with E-state index in [1.807, 2.05) is 0 Å². The molecule has 0 aliphatic carbocycles. The van der Waals surface area contributed by atoms with Crippen molar-refractivity contribution in [1.29, 1.82) is 0 Å². The maximum absolute atomic E-state index is 15.6. The van der Waals surface area contributed by atoms with Gasteiger partial charge in [-0.3, -0.25) is 9.89 Å². The molecule has 32 heavy (non-hydrogen) atoms. The molecule has 2 aromatic carbocycles. The molecule has 2 heterocycles. The Morgan fingerprint density at radius 2 is 1.91 bits per heavy atom. The number of aromatic nitrogens is 3. The van der Waals surface area contributed by atoms with Crippen molar-refractivity contribution in [3.05, 3.63) is 59.7 Å². The van der Waals surface area contributed by atoms with E-state index in [2.05, 4.69) is 10.2 Å². The summed E-state index contributed by atoms with van der Waals surface area (Å²) >= 11 is 0. The molecule has 0 bridgehead atoms. The highest BCUT2D eigenvalue weighted by Gasteiger charge is 2.44. The lowest BCUT2D eigenvalue weighted by molar-refractivity contribution is -0.145. The number of rotatable bonds is 7. The standard InChI is InChI=1S/C23H22F3N3O3/c1-22(2,12-32-3)21-20(23(25,26)10-19(30)31)16-9-17-13(11-27-28-17)8-18(16)29(21)15-6-4-14(24)5-7-15/h4-9,11H,10,12H2,1-3H3,(H,27,28)(H,30,31). The van der Waals surface area contributed by atoms with Crippen LogP contribution in [0.5, 0.6) is 0 Å². The second-order valence-corrected chi connectivity index (χ2v) is 8.45. The minimum atomic E-state index is -3.68. The van der Waals surface area contributed by atoms with Gasteiger partial charge in [0.1, 0.15) is 12.2 Å². The predicted molar refractivity (Wildman–Crippen MR) is 114 cm³/mol. The molecule has 2 N–H and O–H groups in total. The maximum Gasteiger partial charge on any atom is 0.309 e. The van der Waals surface area contributed by atoms with E-state index in [4.69, 9.17) is 4.74 Å². The van der Waals surface area contributed by atoms with Crippen LogP contribution in [0.25, 0.3) is 27.5 Å². The summed E-state index contributed by atoms with van der Waals surface area (Å²) in [6.07, 6.45) is 0.207. The van der Waals surface area contributed by atoms with Gasteiger partial charge >= 0.3 is 5.97 Å². The van der Waals surface area contributed by atoms with E-state index in [1.165, 1.54) is 31.4 Å². The first-order chi connectivity index (χ1) is 15.0. The fourth-order valence-electron chi connectivity index (χ4n) is 4.30. The topological polar surface area (TPSA) is 80.1 Å². The van der Waals surface area contributed by atoms with Crippen LogP contribution in [0.3, 0.4) is 0 Å². The maximum atomic E-state index is 15.6. The minimum absolute atomic E-state index is 0.0973. The molecule has 0 unspecified atom stereocenters. The molecule has 0 saturated carbocycles. The van der Waals surface area contributed by atoms with Crippen LogP contribution in [0.2, 0.25) is 0 Å². The zero-order valence-electron chi connectivity index (χ0n) is 17.7. The van der Waals surface area contributed by atoms with Crippen LogP contribution in [0, 0.1) is 5.82 Å². The second-order valence-electron chi connectivity index (χ2n) is 8.45. The van der Waals surface area contributed by atoms with E-state index in [0.29, 0.717) is 22.1 Å². The molecule has 0 amide bonds. The molecule has 4 aromatic rings. The average Bonchev–Trinajstić information content (AvgIpc) is 3.28. The molecule has 0 aliphatic heterocycles. The number of methoxy groups -OCH3 is 1. The third kappa shape index (κ3) is 3.62. The quantitative estimate of drug-likeness (QED) is 0.413. The van der Waals surface area contributed by atoms with Gasteiger partial charge in [-0.25, -0.2) is 13.2 Å². The van der Waals surface area contributed by atoms with E-state index in [1.54, 1.807) is 36.7 Å². The second kappa shape index (κ2) is 7.67. The number of halogens is 3. The molecule has 9 heteroatoms. The van der Waals surface area contributed by atoms with Gasteiger partial charge in [-0.1, -0.05) is 13.8 Å². The number of nitrogens with zero attached hydrogens (tertiary/aromatic N) is 2. The lowest BCUT2D eigenvalue weighted by Crippen LogP contribution is -2.31. The third-order valence-electron chi connectivity index (χ3n) is 5.50. The van der Waals surface area contributed by atoms with Crippen LogP contribution in [0.15, 0.2) is 42.6 Å². The van der Waals surface area contributed by atoms with Gasteiger partial charge in [0, 0.05) is 34.7 Å². The zero-order chi connectivity index (χ0) is 23.3. The van der Waals surface area contributed by atoms with Gasteiger partial charge < -0.3 is 14.4 Å². The largest absolute Gasteiger partial charge is 0.481 e. The van der Waals surface area contributed by atoms with Crippen molar-refractivity contribution >= 4 is 27.8 Å². The van der Waals surface area contributed by atoms with Crippen molar-refractivity contribution < 1.29 is 27.8 Å². The number of carboxylic acids is 1. The number of alkyl halides is 2. The molecule has 0 aliphatic rings. The van der Waals surface area contributed by atoms with Crippen LogP contribution in [-0.2, 0) is 20.9 Å². The highest BCUT2D eigenvalue weighted by Crippen LogP contribution is 2.47. The molecule has 0 atom stereocenters. The first-order valence-corrected chi connectivity index (χ1v) is 9.92. The molecule has 0 saturated heterocycles. The van der Waals surface area contributed by atoms with E-state index >= 15 is 8.78 Å². The van der Waals surface area contributed by atoms with E-state index in [0.717, 1.165) is 0 Å². The van der Waals surface area contributed by atoms with Gasteiger partial charge in [-0.05, 0) is 36.4 Å². The number of carboxylic acid groups (broad SMARTS) is 1. The molecule has 0 spiro atoms. The van der Waals surface area contributed by atoms with Crippen molar-refractivity contribution in [2.24, 2.45) is 0 Å². The highest BCUT2D eigenvalue weighted by molar-refractivity contribution is 5.99. The molecule has 4 rings (SSSR count). The number of hydrogen-bond donors (Lipinski definition) is 2. The van der Waals surface area contributed by atoms with E-state index in [9.17, 15) is 14.3 Å². The van der Waals surface area contributed by atoms with E-state index in [-0.39, 0.29) is 17.7 Å². The van der Waals surface area contributed by atoms with Gasteiger partial charge in [-0.15, -0.1) is 0 Å². The number of hydrogen-bond acceptors (Lipinski definition) is 3. The van der Waals surface area contributed by atoms with E-state index < -0.39 is 35.1 Å². The number of benzene rings is 2. The zero-order valence-corrected chi connectivity index (χ0v) is 17.7. The Bertz CT molecular complexity index is 1310. The Balaban J connectivity index is 2.20. The molecule has 6 nitrogen and oxygen atoms in total. The van der Waals surface area contributed by atoms with Crippen molar-refractivity contribution in [2.45, 2.75) is 31.6 Å². The lowest BCUT2D eigenvalue weighted by atomic mass is 9.84. The number of aliphatic carboxylic acids is 1. The van der Waals surface area contributed by atoms with Gasteiger partial charge in [0.15, 0.2) is 0 Å². The molecule has 2 aromatic heterocycles. The number of ether oxygens (including phenoxy) is 1. The summed E-state index contributed by atoms with van der Waals surface area (Å²) in [5.74, 6) is -5.75. The number of H-pyrrole nitrogens is 1. The first kappa shape index (κ1) is 21.9. The van der Waals surface area contributed by atoms with Crippen molar-refractivity contribution in [1.82, 2.24) is 14.8 Å². The molecule has 0 fully saturated rings. The number of nitrogens with one attached hydrogen (secondary N) is 1. The number of aromatic amines is 1. The van der Waals surface area contributed by atoms with Gasteiger partial charge in [0.05, 0.1) is 29.4 Å². The monoisotopic (exact) mass is 445 g/mol. The Morgan fingerprint density at radius 3 is 2.53 bits per heavy atom. The SMILES string of the molecule is COCC(C)(C)c1c(C(F)(F)CC(=O)O)c2cc3[nH]ncc3cc2n1-c1ccc(F)cc1. The summed E-state index contributed by atoms with van der Waals surface area (Å²) in [7, 11) is 1.47. The average molecular weight is 445 g/mol. The van der Waals surface area contributed by atoms with Crippen LogP contribution in [-0.4, -0.2) is 39.6 Å². The van der Waals surface area contributed by atoms with Gasteiger partial charge in [0.2, 0.25) is 0 Å². The summed E-state index contributed by atoms with van der Waals surface area (Å²) in [6, 6.07) is 8.76. The van der Waals surface area contributed by atoms with Crippen LogP contribution < -0.4 is 0 Å². The first-order valence-electron chi connectivity index (χ1n) is 9.92. The Kier molecular flexibility index (Phi) is 5.24. The molecule has 0 radical (unpaired) electrons. The Hall–Kier alpha value is -3.33. The molecule has 168 valence electrons. The van der Waals surface area contributed by atoms with Crippen LogP contribution in [0.4, 0.5) is 13.2 Å². The van der Waals surface area contributed by atoms with Crippen molar-refractivity contribution in [2.75, 3.05) is 13.7 Å². The Labute approximate surface area is 181 Å². The third-order valence-corrected chi connectivity index (χ3v) is 5.50. The fraction of sp³-hybridized carbons (Fsp3) is 0.304. The van der Waals surface area contributed by atoms with Crippen LogP contribution >= 0.6 is 0 Å². The summed E-state index contributed by atoms with van der Waals surface area (Å²) in [4.78, 5) is 11.3. The number of fused-ring (bicyclic) bond motifs is 2.